The van der Waals surface area contributed by atoms with E-state index in [0.717, 1.165) is 72.3 Å². The summed E-state index contributed by atoms with van der Waals surface area (Å²) in [5.74, 6) is 2.30. The fourth-order valence-corrected chi connectivity index (χ4v) is 7.77. The van der Waals surface area contributed by atoms with Crippen LogP contribution in [-0.2, 0) is 6.54 Å². The average molecular weight is 605 g/mol. The molecule has 47 heavy (non-hydrogen) atoms. The molecule has 0 fully saturated rings. The number of benzene rings is 6. The molecule has 0 saturated heterocycles. The van der Waals surface area contributed by atoms with E-state index in [1.807, 2.05) is 48.5 Å². The summed E-state index contributed by atoms with van der Waals surface area (Å²) in [6.45, 7) is 0.471. The van der Waals surface area contributed by atoms with Gasteiger partial charge in [0.25, 0.3) is 0 Å². The lowest BCUT2D eigenvalue weighted by atomic mass is 9.97. The van der Waals surface area contributed by atoms with Crippen LogP contribution in [0.4, 0.5) is 0 Å². The predicted molar refractivity (Wildman–Crippen MR) is 188 cm³/mol. The minimum atomic E-state index is -0.531. The molecule has 0 spiro atoms. The van der Waals surface area contributed by atoms with Gasteiger partial charge in [-0.05, 0) is 51.2 Å². The zero-order chi connectivity index (χ0) is 30.6. The van der Waals surface area contributed by atoms with Gasteiger partial charge in [-0.1, -0.05) is 103 Å². The standard InChI is InChI=1S/C41H24N4O2/c1-2-10-23-22(9-1)24-13-7-14-25-27(20-19-26(23)35(24)25)39-43-40(30-15-8-18-33-36(30)28-11-3-5-16-31(28)46-33)45-41(44-39)38-37-29-12-4-6-17-32(29)47-34(37)21-42-38/h1-20,40H,21H2,(H,43,44,45). The van der Waals surface area contributed by atoms with Crippen LogP contribution in [0.25, 0.3) is 65.9 Å². The Balaban J connectivity index is 1.15. The largest absolute Gasteiger partial charge is 0.458 e. The van der Waals surface area contributed by atoms with Crippen molar-refractivity contribution in [2.24, 2.45) is 15.0 Å². The van der Waals surface area contributed by atoms with Gasteiger partial charge in [-0.25, -0.2) is 9.98 Å². The molecular formula is C41H24N4O2. The molecule has 0 bridgehead atoms. The third-order valence-corrected chi connectivity index (χ3v) is 9.77. The van der Waals surface area contributed by atoms with Crippen molar-refractivity contribution in [2.45, 2.75) is 12.7 Å². The Kier molecular flexibility index (Phi) is 4.86. The van der Waals surface area contributed by atoms with Crippen LogP contribution in [0.3, 0.4) is 0 Å². The number of furan rings is 2. The summed E-state index contributed by atoms with van der Waals surface area (Å²) in [6.07, 6.45) is -0.531. The summed E-state index contributed by atoms with van der Waals surface area (Å²) < 4.78 is 12.5. The fourth-order valence-electron chi connectivity index (χ4n) is 7.77. The first-order chi connectivity index (χ1) is 23.3. The smallest absolute Gasteiger partial charge is 0.170 e. The molecule has 2 aromatic heterocycles. The normalized spacial score (nSPS) is 16.3. The minimum absolute atomic E-state index is 0.471. The van der Waals surface area contributed by atoms with Gasteiger partial charge in [0.15, 0.2) is 12.0 Å². The number of hydrogen-bond acceptors (Lipinski definition) is 6. The van der Waals surface area contributed by atoms with Crippen molar-refractivity contribution >= 4 is 61.1 Å². The first-order valence-electron chi connectivity index (χ1n) is 15.8. The molecule has 1 atom stereocenters. The average Bonchev–Trinajstić information content (AvgIpc) is 3.89. The van der Waals surface area contributed by atoms with Crippen molar-refractivity contribution in [1.29, 1.82) is 0 Å². The zero-order valence-corrected chi connectivity index (χ0v) is 25.0. The maximum atomic E-state index is 6.28. The van der Waals surface area contributed by atoms with Gasteiger partial charge >= 0.3 is 0 Å². The SMILES string of the molecule is c1ccc2c(c1)-c1cccc3c(C4=NC(c5cccc6oc7ccccc7c56)N=C(C5=NCc6oc7ccccc7c65)N4)ccc-2c13. The Labute approximate surface area is 268 Å². The first-order valence-corrected chi connectivity index (χ1v) is 15.8. The molecule has 2 aliphatic heterocycles. The summed E-state index contributed by atoms with van der Waals surface area (Å²) in [5, 5.41) is 9.18. The fraction of sp³-hybridized carbons (Fsp3) is 0.0488. The minimum Gasteiger partial charge on any atom is -0.458 e. The highest BCUT2D eigenvalue weighted by molar-refractivity contribution is 6.53. The molecule has 4 heterocycles. The van der Waals surface area contributed by atoms with E-state index in [9.17, 15) is 0 Å². The molecule has 3 aliphatic rings. The predicted octanol–water partition coefficient (Wildman–Crippen LogP) is 9.58. The number of para-hydroxylation sites is 2. The van der Waals surface area contributed by atoms with E-state index < -0.39 is 6.17 Å². The zero-order valence-electron chi connectivity index (χ0n) is 25.0. The quantitative estimate of drug-likeness (QED) is 0.218. The van der Waals surface area contributed by atoms with Crippen LogP contribution in [-0.4, -0.2) is 17.4 Å². The molecule has 0 radical (unpaired) electrons. The van der Waals surface area contributed by atoms with Crippen LogP contribution >= 0.6 is 0 Å². The van der Waals surface area contributed by atoms with Gasteiger partial charge in [-0.3, -0.25) is 4.99 Å². The van der Waals surface area contributed by atoms with Crippen molar-refractivity contribution in [3.05, 3.63) is 144 Å². The molecule has 1 aliphatic carbocycles. The summed E-state index contributed by atoms with van der Waals surface area (Å²) in [7, 11) is 0. The highest BCUT2D eigenvalue weighted by Crippen LogP contribution is 2.48. The van der Waals surface area contributed by atoms with E-state index in [1.54, 1.807) is 0 Å². The van der Waals surface area contributed by atoms with Gasteiger partial charge in [0.05, 0.1) is 12.1 Å². The molecule has 11 rings (SSSR count). The highest BCUT2D eigenvalue weighted by Gasteiger charge is 2.32. The molecule has 1 N–H and O–H groups in total. The molecule has 6 nitrogen and oxygen atoms in total. The van der Waals surface area contributed by atoms with E-state index >= 15 is 0 Å². The number of nitrogens with zero attached hydrogens (tertiary/aromatic N) is 3. The Bertz CT molecular complexity index is 2730. The summed E-state index contributed by atoms with van der Waals surface area (Å²) in [6, 6.07) is 42.1. The Hall–Kier alpha value is -6.27. The second-order valence-corrected chi connectivity index (χ2v) is 12.3. The molecule has 0 saturated carbocycles. The summed E-state index contributed by atoms with van der Waals surface area (Å²) in [5.41, 5.74) is 11.4. The maximum Gasteiger partial charge on any atom is 0.170 e. The number of nitrogens with one attached hydrogen (secondary N) is 1. The number of aliphatic imine (C=N–C) groups is 3. The van der Waals surface area contributed by atoms with Crippen LogP contribution in [0.1, 0.15) is 28.6 Å². The summed E-state index contributed by atoms with van der Waals surface area (Å²) >= 11 is 0. The Morgan fingerprint density at radius 1 is 0.511 bits per heavy atom. The van der Waals surface area contributed by atoms with Crippen molar-refractivity contribution in [3.8, 4) is 22.3 Å². The van der Waals surface area contributed by atoms with E-state index in [1.165, 1.54) is 27.6 Å². The van der Waals surface area contributed by atoms with Crippen LogP contribution in [0, 0.1) is 0 Å². The number of hydrogen-bond donors (Lipinski definition) is 1. The van der Waals surface area contributed by atoms with E-state index in [4.69, 9.17) is 23.8 Å². The lowest BCUT2D eigenvalue weighted by molar-refractivity contribution is 0.557. The molecule has 8 aromatic rings. The van der Waals surface area contributed by atoms with Gasteiger partial charge in [0.1, 0.15) is 34.1 Å². The lowest BCUT2D eigenvalue weighted by Gasteiger charge is -2.23. The topological polar surface area (TPSA) is 75.4 Å². The van der Waals surface area contributed by atoms with E-state index in [0.29, 0.717) is 12.4 Å². The lowest BCUT2D eigenvalue weighted by Crippen LogP contribution is -2.40. The Morgan fingerprint density at radius 3 is 2.02 bits per heavy atom. The number of rotatable bonds is 3. The molecule has 6 heteroatoms. The second kappa shape index (κ2) is 9.14. The van der Waals surface area contributed by atoms with Crippen LogP contribution < -0.4 is 5.32 Å². The van der Waals surface area contributed by atoms with Gasteiger partial charge in [-0.15, -0.1) is 0 Å². The molecular weight excluding hydrogens is 580 g/mol. The van der Waals surface area contributed by atoms with E-state index in [-0.39, 0.29) is 0 Å². The first kappa shape index (κ1) is 25.0. The third kappa shape index (κ3) is 3.41. The van der Waals surface area contributed by atoms with Crippen LogP contribution in [0.2, 0.25) is 0 Å². The number of fused-ring (bicyclic) bond motifs is 9. The monoisotopic (exact) mass is 604 g/mol. The molecule has 6 aromatic carbocycles. The maximum absolute atomic E-state index is 6.28. The highest BCUT2D eigenvalue weighted by atomic mass is 16.3. The second-order valence-electron chi connectivity index (χ2n) is 12.3. The van der Waals surface area contributed by atoms with Gasteiger partial charge in [0, 0.05) is 27.3 Å². The third-order valence-electron chi connectivity index (χ3n) is 9.77. The molecule has 0 amide bonds. The van der Waals surface area contributed by atoms with Gasteiger partial charge < -0.3 is 14.2 Å². The van der Waals surface area contributed by atoms with Crippen LogP contribution in [0.5, 0.6) is 0 Å². The van der Waals surface area contributed by atoms with Crippen molar-refractivity contribution in [3.63, 3.8) is 0 Å². The van der Waals surface area contributed by atoms with Crippen molar-refractivity contribution in [1.82, 2.24) is 5.32 Å². The molecule has 220 valence electrons. The van der Waals surface area contributed by atoms with Crippen molar-refractivity contribution in [2.75, 3.05) is 0 Å². The number of amidine groups is 2. The van der Waals surface area contributed by atoms with Gasteiger partial charge in [-0.2, -0.15) is 0 Å². The van der Waals surface area contributed by atoms with Crippen molar-refractivity contribution < 1.29 is 8.83 Å². The Morgan fingerprint density at radius 2 is 1.15 bits per heavy atom. The van der Waals surface area contributed by atoms with Crippen LogP contribution in [0.15, 0.2) is 145 Å². The van der Waals surface area contributed by atoms with Gasteiger partial charge in [0.2, 0.25) is 0 Å². The summed E-state index contributed by atoms with van der Waals surface area (Å²) in [4.78, 5) is 15.6. The van der Waals surface area contributed by atoms with E-state index in [2.05, 4.69) is 78.1 Å². The molecule has 1 unspecified atom stereocenters.